The monoisotopic (exact) mass is 209 g/mol. The van der Waals surface area contributed by atoms with Crippen LogP contribution in [0.1, 0.15) is 33.3 Å². The lowest BCUT2D eigenvalue weighted by Gasteiger charge is -2.39. The van der Waals surface area contributed by atoms with Crippen molar-refractivity contribution in [2.24, 2.45) is 5.73 Å². The summed E-state index contributed by atoms with van der Waals surface area (Å²) in [5.41, 5.74) is 6.31. The van der Waals surface area contributed by atoms with Crippen LogP contribution in [0.2, 0.25) is 0 Å². The zero-order valence-corrected chi connectivity index (χ0v) is 9.70. The summed E-state index contributed by atoms with van der Waals surface area (Å²) >= 11 is 0. The molecule has 1 aromatic rings. The van der Waals surface area contributed by atoms with Gasteiger partial charge in [-0.3, -0.25) is 0 Å². The molecule has 0 saturated heterocycles. The van der Waals surface area contributed by atoms with Gasteiger partial charge in [-0.05, 0) is 31.5 Å². The van der Waals surface area contributed by atoms with Crippen LogP contribution in [0.5, 0.6) is 11.5 Å². The summed E-state index contributed by atoms with van der Waals surface area (Å²) in [5, 5.41) is 18.7. The van der Waals surface area contributed by atoms with E-state index in [0.29, 0.717) is 0 Å². The number of nitrogens with two attached hydrogens (primary N) is 1. The highest BCUT2D eigenvalue weighted by Gasteiger charge is 2.35. The van der Waals surface area contributed by atoms with Gasteiger partial charge in [0.1, 0.15) is 0 Å². The molecule has 0 amide bonds. The standard InChI is InChI=1S/C12H19NO2/c1-11(2,12(3,4)13)8-5-6-9(14)10(15)7-8/h5-7,14-15H,13H2,1-4H3. The molecule has 3 heteroatoms. The molecule has 0 radical (unpaired) electrons. The maximum absolute atomic E-state index is 9.44. The first-order chi connectivity index (χ1) is 6.66. The number of phenols is 2. The fourth-order valence-electron chi connectivity index (χ4n) is 1.28. The smallest absolute Gasteiger partial charge is 0.157 e. The first-order valence-corrected chi connectivity index (χ1v) is 4.97. The van der Waals surface area contributed by atoms with Gasteiger partial charge in [0.05, 0.1) is 0 Å². The number of hydrogen-bond acceptors (Lipinski definition) is 3. The maximum Gasteiger partial charge on any atom is 0.157 e. The molecule has 0 aliphatic rings. The molecule has 0 unspecified atom stereocenters. The molecular weight excluding hydrogens is 190 g/mol. The average molecular weight is 209 g/mol. The third-order valence-corrected chi connectivity index (χ3v) is 3.31. The van der Waals surface area contributed by atoms with Gasteiger partial charge in [-0.1, -0.05) is 19.9 Å². The molecule has 0 aliphatic carbocycles. The maximum atomic E-state index is 9.44. The molecule has 0 fully saturated rings. The van der Waals surface area contributed by atoms with Crippen molar-refractivity contribution in [3.63, 3.8) is 0 Å². The van der Waals surface area contributed by atoms with Crippen molar-refractivity contribution in [2.45, 2.75) is 38.6 Å². The van der Waals surface area contributed by atoms with Crippen LogP contribution in [0, 0.1) is 0 Å². The van der Waals surface area contributed by atoms with Crippen molar-refractivity contribution in [1.29, 1.82) is 0 Å². The fourth-order valence-corrected chi connectivity index (χ4v) is 1.28. The SMILES string of the molecule is CC(C)(N)C(C)(C)c1ccc(O)c(O)c1. The Bertz CT molecular complexity index is 364. The van der Waals surface area contributed by atoms with E-state index in [0.717, 1.165) is 5.56 Å². The summed E-state index contributed by atoms with van der Waals surface area (Å²) in [5.74, 6) is -0.214. The van der Waals surface area contributed by atoms with Crippen LogP contribution in [0.25, 0.3) is 0 Å². The average Bonchev–Trinajstić information content (AvgIpc) is 2.07. The molecule has 0 saturated carbocycles. The van der Waals surface area contributed by atoms with Gasteiger partial charge in [0.15, 0.2) is 11.5 Å². The van der Waals surface area contributed by atoms with E-state index in [1.807, 2.05) is 27.7 Å². The zero-order valence-electron chi connectivity index (χ0n) is 9.70. The van der Waals surface area contributed by atoms with Crippen LogP contribution in [-0.4, -0.2) is 15.8 Å². The van der Waals surface area contributed by atoms with Gasteiger partial charge in [-0.25, -0.2) is 0 Å². The molecule has 84 valence electrons. The lowest BCUT2D eigenvalue weighted by molar-refractivity contribution is 0.304. The Kier molecular flexibility index (Phi) is 2.70. The van der Waals surface area contributed by atoms with E-state index in [2.05, 4.69) is 0 Å². The summed E-state index contributed by atoms with van der Waals surface area (Å²) in [6.07, 6.45) is 0. The number of aromatic hydroxyl groups is 2. The van der Waals surface area contributed by atoms with E-state index in [1.54, 1.807) is 12.1 Å². The summed E-state index contributed by atoms with van der Waals surface area (Å²) in [6.45, 7) is 7.91. The van der Waals surface area contributed by atoms with Gasteiger partial charge in [-0.2, -0.15) is 0 Å². The summed E-state index contributed by atoms with van der Waals surface area (Å²) < 4.78 is 0. The zero-order chi connectivity index (χ0) is 11.9. The van der Waals surface area contributed by atoms with Crippen molar-refractivity contribution in [3.8, 4) is 11.5 Å². The lowest BCUT2D eigenvalue weighted by Crippen LogP contribution is -2.50. The molecule has 15 heavy (non-hydrogen) atoms. The third-order valence-electron chi connectivity index (χ3n) is 3.31. The molecule has 4 N–H and O–H groups in total. The van der Waals surface area contributed by atoms with Crippen molar-refractivity contribution in [3.05, 3.63) is 23.8 Å². The quantitative estimate of drug-likeness (QED) is 0.653. The number of rotatable bonds is 2. The molecular formula is C12H19NO2. The van der Waals surface area contributed by atoms with Gasteiger partial charge >= 0.3 is 0 Å². The predicted octanol–water partition coefficient (Wildman–Crippen LogP) is 2.11. The Hall–Kier alpha value is -1.22. The Labute approximate surface area is 90.5 Å². The van der Waals surface area contributed by atoms with Gasteiger partial charge in [0.25, 0.3) is 0 Å². The minimum absolute atomic E-state index is 0.107. The molecule has 0 spiro atoms. The molecule has 0 bridgehead atoms. The number of hydrogen-bond donors (Lipinski definition) is 3. The first kappa shape index (κ1) is 11.9. The highest BCUT2D eigenvalue weighted by atomic mass is 16.3. The summed E-state index contributed by atoms with van der Waals surface area (Å²) in [6, 6.07) is 4.83. The lowest BCUT2D eigenvalue weighted by atomic mass is 9.70. The third kappa shape index (κ3) is 2.07. The topological polar surface area (TPSA) is 66.5 Å². The van der Waals surface area contributed by atoms with E-state index in [9.17, 15) is 10.2 Å². The largest absolute Gasteiger partial charge is 0.504 e. The highest BCUT2D eigenvalue weighted by molar-refractivity contribution is 5.43. The van der Waals surface area contributed by atoms with E-state index >= 15 is 0 Å². The van der Waals surface area contributed by atoms with Crippen molar-refractivity contribution < 1.29 is 10.2 Å². The van der Waals surface area contributed by atoms with E-state index in [1.165, 1.54) is 6.07 Å². The Balaban J connectivity index is 3.22. The highest BCUT2D eigenvalue weighted by Crippen LogP contribution is 2.36. The molecule has 0 heterocycles. The van der Waals surface area contributed by atoms with Crippen LogP contribution in [0.15, 0.2) is 18.2 Å². The van der Waals surface area contributed by atoms with Gasteiger partial charge < -0.3 is 15.9 Å². The van der Waals surface area contributed by atoms with Crippen LogP contribution < -0.4 is 5.73 Å². The van der Waals surface area contributed by atoms with E-state index < -0.39 is 5.54 Å². The van der Waals surface area contributed by atoms with E-state index in [-0.39, 0.29) is 16.9 Å². The van der Waals surface area contributed by atoms with Crippen molar-refractivity contribution in [2.75, 3.05) is 0 Å². The first-order valence-electron chi connectivity index (χ1n) is 4.97. The fraction of sp³-hybridized carbons (Fsp3) is 0.500. The molecule has 0 aromatic heterocycles. The molecule has 1 aromatic carbocycles. The predicted molar refractivity (Wildman–Crippen MR) is 61.1 cm³/mol. The van der Waals surface area contributed by atoms with Crippen LogP contribution >= 0.6 is 0 Å². The van der Waals surface area contributed by atoms with Gasteiger partial charge in [0.2, 0.25) is 0 Å². The Morgan fingerprint density at radius 3 is 1.93 bits per heavy atom. The second-order valence-electron chi connectivity index (χ2n) is 5.05. The normalized spacial score (nSPS) is 12.9. The Morgan fingerprint density at radius 2 is 1.53 bits per heavy atom. The van der Waals surface area contributed by atoms with Crippen LogP contribution in [0.3, 0.4) is 0 Å². The number of phenolic OH excluding ortho intramolecular Hbond substituents is 2. The van der Waals surface area contributed by atoms with Gasteiger partial charge in [0, 0.05) is 11.0 Å². The minimum atomic E-state index is -0.406. The molecule has 0 atom stereocenters. The Morgan fingerprint density at radius 1 is 1.00 bits per heavy atom. The molecule has 1 rings (SSSR count). The molecule has 3 nitrogen and oxygen atoms in total. The second-order valence-corrected chi connectivity index (χ2v) is 5.05. The number of benzene rings is 1. The molecule has 0 aliphatic heterocycles. The van der Waals surface area contributed by atoms with Crippen molar-refractivity contribution >= 4 is 0 Å². The van der Waals surface area contributed by atoms with Crippen LogP contribution in [0.4, 0.5) is 0 Å². The second kappa shape index (κ2) is 3.42. The van der Waals surface area contributed by atoms with Crippen LogP contribution in [-0.2, 0) is 5.41 Å². The minimum Gasteiger partial charge on any atom is -0.504 e. The summed E-state index contributed by atoms with van der Waals surface area (Å²) in [7, 11) is 0. The van der Waals surface area contributed by atoms with E-state index in [4.69, 9.17) is 5.73 Å². The van der Waals surface area contributed by atoms with Gasteiger partial charge in [-0.15, -0.1) is 0 Å². The van der Waals surface area contributed by atoms with Crippen molar-refractivity contribution in [1.82, 2.24) is 0 Å². The summed E-state index contributed by atoms with van der Waals surface area (Å²) in [4.78, 5) is 0.